The molecule has 1 aliphatic carbocycles. The predicted octanol–water partition coefficient (Wildman–Crippen LogP) is 3.12. The number of halogens is 1. The standard InChI is InChI=1S/C14H20ClNO2S2/c1-19-11-7-6-10(8-11)16-9-12-13(15)4-3-5-14(12)20(2,17)18/h3-5,10-11,16H,6-9H2,1-2H3. The number of hydrogen-bond acceptors (Lipinski definition) is 4. The zero-order chi connectivity index (χ0) is 14.8. The second-order valence-corrected chi connectivity index (χ2v) is 8.77. The molecular weight excluding hydrogens is 314 g/mol. The molecule has 0 saturated heterocycles. The number of nitrogens with one attached hydrogen (secondary N) is 1. The van der Waals surface area contributed by atoms with Crippen molar-refractivity contribution < 1.29 is 8.42 Å². The number of thioether (sulfide) groups is 1. The number of benzene rings is 1. The second-order valence-electron chi connectivity index (χ2n) is 5.24. The summed E-state index contributed by atoms with van der Waals surface area (Å²) in [6, 6.07) is 5.50. The number of sulfone groups is 1. The van der Waals surface area contributed by atoms with Crippen LogP contribution < -0.4 is 5.32 Å². The molecule has 2 atom stereocenters. The molecule has 1 N–H and O–H groups in total. The quantitative estimate of drug-likeness (QED) is 0.899. The normalized spacial score (nSPS) is 23.1. The first-order valence-corrected chi connectivity index (χ1v) is 10.2. The summed E-state index contributed by atoms with van der Waals surface area (Å²) < 4.78 is 23.6. The Morgan fingerprint density at radius 2 is 2.15 bits per heavy atom. The zero-order valence-corrected chi connectivity index (χ0v) is 14.1. The van der Waals surface area contributed by atoms with E-state index in [0.717, 1.165) is 12.8 Å². The molecule has 1 fully saturated rings. The molecule has 2 rings (SSSR count). The molecule has 3 nitrogen and oxygen atoms in total. The van der Waals surface area contributed by atoms with E-state index in [0.29, 0.717) is 33.3 Å². The largest absolute Gasteiger partial charge is 0.310 e. The predicted molar refractivity (Wildman–Crippen MR) is 86.3 cm³/mol. The Bertz CT molecular complexity index is 575. The molecule has 1 aromatic rings. The summed E-state index contributed by atoms with van der Waals surface area (Å²) >= 11 is 8.07. The van der Waals surface area contributed by atoms with Crippen LogP contribution >= 0.6 is 23.4 Å². The highest BCUT2D eigenvalue weighted by atomic mass is 35.5. The van der Waals surface area contributed by atoms with Gasteiger partial charge in [0.1, 0.15) is 0 Å². The Hall–Kier alpha value is -0.230. The van der Waals surface area contributed by atoms with Crippen LogP contribution in [-0.4, -0.2) is 32.2 Å². The van der Waals surface area contributed by atoms with Gasteiger partial charge in [-0.2, -0.15) is 11.8 Å². The van der Waals surface area contributed by atoms with Crippen molar-refractivity contribution in [3.63, 3.8) is 0 Å². The van der Waals surface area contributed by atoms with Crippen molar-refractivity contribution in [3.8, 4) is 0 Å². The topological polar surface area (TPSA) is 46.2 Å². The van der Waals surface area contributed by atoms with Crippen molar-refractivity contribution in [1.82, 2.24) is 5.32 Å². The van der Waals surface area contributed by atoms with Crippen LogP contribution in [0.2, 0.25) is 5.02 Å². The summed E-state index contributed by atoms with van der Waals surface area (Å²) in [7, 11) is -3.25. The Morgan fingerprint density at radius 3 is 2.75 bits per heavy atom. The van der Waals surface area contributed by atoms with Crippen LogP contribution in [0.4, 0.5) is 0 Å². The second kappa shape index (κ2) is 6.69. The Morgan fingerprint density at radius 1 is 1.40 bits per heavy atom. The maximum absolute atomic E-state index is 11.8. The van der Waals surface area contributed by atoms with Crippen LogP contribution in [0.15, 0.2) is 23.1 Å². The maximum Gasteiger partial charge on any atom is 0.175 e. The zero-order valence-electron chi connectivity index (χ0n) is 11.7. The minimum atomic E-state index is -3.25. The van der Waals surface area contributed by atoms with Gasteiger partial charge in [0.25, 0.3) is 0 Å². The van der Waals surface area contributed by atoms with Crippen LogP contribution in [0.1, 0.15) is 24.8 Å². The number of rotatable bonds is 5. The summed E-state index contributed by atoms with van der Waals surface area (Å²) in [5, 5.41) is 4.68. The lowest BCUT2D eigenvalue weighted by atomic mass is 10.2. The van der Waals surface area contributed by atoms with E-state index in [9.17, 15) is 8.42 Å². The van der Waals surface area contributed by atoms with Crippen LogP contribution in [0, 0.1) is 0 Å². The van der Waals surface area contributed by atoms with E-state index < -0.39 is 9.84 Å². The van der Waals surface area contributed by atoms with Crippen LogP contribution in [0.25, 0.3) is 0 Å². The lowest BCUT2D eigenvalue weighted by Crippen LogP contribution is -2.27. The van der Waals surface area contributed by atoms with Crippen molar-refractivity contribution in [2.45, 2.75) is 42.0 Å². The van der Waals surface area contributed by atoms with E-state index >= 15 is 0 Å². The Labute approximate surface area is 130 Å². The van der Waals surface area contributed by atoms with Crippen LogP contribution in [0.5, 0.6) is 0 Å². The van der Waals surface area contributed by atoms with Gasteiger partial charge in [-0.15, -0.1) is 0 Å². The van der Waals surface area contributed by atoms with Gasteiger partial charge in [0.15, 0.2) is 9.84 Å². The lowest BCUT2D eigenvalue weighted by Gasteiger charge is -2.15. The van der Waals surface area contributed by atoms with E-state index in [2.05, 4.69) is 11.6 Å². The van der Waals surface area contributed by atoms with E-state index in [1.807, 2.05) is 11.8 Å². The molecule has 0 spiro atoms. The monoisotopic (exact) mass is 333 g/mol. The van der Waals surface area contributed by atoms with Gasteiger partial charge < -0.3 is 5.32 Å². The van der Waals surface area contributed by atoms with Gasteiger partial charge in [-0.05, 0) is 37.7 Å². The lowest BCUT2D eigenvalue weighted by molar-refractivity contribution is 0.521. The average molecular weight is 334 g/mol. The molecule has 1 aromatic carbocycles. The van der Waals surface area contributed by atoms with Crippen molar-refractivity contribution in [3.05, 3.63) is 28.8 Å². The molecule has 0 heterocycles. The van der Waals surface area contributed by atoms with Gasteiger partial charge >= 0.3 is 0 Å². The molecule has 0 bridgehead atoms. The molecule has 20 heavy (non-hydrogen) atoms. The highest BCUT2D eigenvalue weighted by Crippen LogP contribution is 2.29. The van der Waals surface area contributed by atoms with Crippen LogP contribution in [0.3, 0.4) is 0 Å². The molecule has 112 valence electrons. The van der Waals surface area contributed by atoms with Crippen molar-refractivity contribution in [2.75, 3.05) is 12.5 Å². The third-order valence-electron chi connectivity index (χ3n) is 3.76. The molecule has 0 aliphatic heterocycles. The minimum Gasteiger partial charge on any atom is -0.310 e. The van der Waals surface area contributed by atoms with Crippen molar-refractivity contribution in [1.29, 1.82) is 0 Å². The molecule has 0 radical (unpaired) electrons. The molecule has 6 heteroatoms. The SMILES string of the molecule is CSC1CCC(NCc2c(Cl)cccc2S(C)(=O)=O)C1. The van der Waals surface area contributed by atoms with Gasteiger partial charge in [0, 0.05) is 34.7 Å². The Balaban J connectivity index is 2.10. The first kappa shape index (κ1) is 16.1. The first-order chi connectivity index (χ1) is 9.41. The van der Waals surface area contributed by atoms with E-state index in [4.69, 9.17) is 11.6 Å². The summed E-state index contributed by atoms with van der Waals surface area (Å²) in [6.45, 7) is 0.508. The molecule has 2 unspecified atom stereocenters. The molecule has 0 aromatic heterocycles. The van der Waals surface area contributed by atoms with Gasteiger partial charge in [-0.25, -0.2) is 8.42 Å². The summed E-state index contributed by atoms with van der Waals surface area (Å²) in [6.07, 6.45) is 6.87. The van der Waals surface area contributed by atoms with Crippen molar-refractivity contribution >= 4 is 33.2 Å². The molecular formula is C14H20ClNO2S2. The van der Waals surface area contributed by atoms with E-state index in [1.165, 1.54) is 12.7 Å². The van der Waals surface area contributed by atoms with Gasteiger partial charge in [-0.3, -0.25) is 0 Å². The minimum absolute atomic E-state index is 0.330. The highest BCUT2D eigenvalue weighted by molar-refractivity contribution is 7.99. The summed E-state index contributed by atoms with van der Waals surface area (Å²) in [4.78, 5) is 0.330. The molecule has 1 saturated carbocycles. The van der Waals surface area contributed by atoms with Gasteiger partial charge in [0.2, 0.25) is 0 Å². The average Bonchev–Trinajstić information content (AvgIpc) is 2.84. The highest BCUT2D eigenvalue weighted by Gasteiger charge is 2.24. The fourth-order valence-electron chi connectivity index (χ4n) is 2.64. The summed E-state index contributed by atoms with van der Waals surface area (Å²) in [5.74, 6) is 0. The van der Waals surface area contributed by atoms with Crippen LogP contribution in [-0.2, 0) is 16.4 Å². The first-order valence-electron chi connectivity index (χ1n) is 6.65. The third kappa shape index (κ3) is 3.91. The molecule has 1 aliphatic rings. The van der Waals surface area contributed by atoms with E-state index in [-0.39, 0.29) is 0 Å². The fraction of sp³-hybridized carbons (Fsp3) is 0.571. The fourth-order valence-corrected chi connectivity index (χ4v) is 4.69. The summed E-state index contributed by atoms with van der Waals surface area (Å²) in [5.41, 5.74) is 0.685. The Kier molecular flexibility index (Phi) is 5.40. The third-order valence-corrected chi connectivity index (χ3v) is 6.39. The number of hydrogen-bond donors (Lipinski definition) is 1. The maximum atomic E-state index is 11.8. The van der Waals surface area contributed by atoms with Gasteiger partial charge in [0.05, 0.1) is 4.90 Å². The smallest absolute Gasteiger partial charge is 0.175 e. The van der Waals surface area contributed by atoms with E-state index in [1.54, 1.807) is 18.2 Å². The molecule has 0 amide bonds. The van der Waals surface area contributed by atoms with Gasteiger partial charge in [-0.1, -0.05) is 17.7 Å². The van der Waals surface area contributed by atoms with Crippen molar-refractivity contribution in [2.24, 2.45) is 0 Å².